The van der Waals surface area contributed by atoms with Crippen LogP contribution in [0.3, 0.4) is 0 Å². The lowest BCUT2D eigenvalue weighted by Gasteiger charge is -2.28. The molecule has 0 unspecified atom stereocenters. The van der Waals surface area contributed by atoms with Crippen molar-refractivity contribution in [1.29, 1.82) is 0 Å². The molecule has 0 saturated heterocycles. The van der Waals surface area contributed by atoms with Crippen molar-refractivity contribution in [2.45, 2.75) is 25.4 Å². The van der Waals surface area contributed by atoms with Gasteiger partial charge >= 0.3 is 0 Å². The molecule has 1 aromatic rings. The van der Waals surface area contributed by atoms with Gasteiger partial charge in [0.1, 0.15) is 11.4 Å². The molecule has 0 bridgehead atoms. The van der Waals surface area contributed by atoms with Gasteiger partial charge in [-0.3, -0.25) is 0 Å². The molecule has 1 aliphatic heterocycles. The molecule has 3 rings (SSSR count). The molecule has 0 spiro atoms. The second kappa shape index (κ2) is 2.41. The SMILES string of the molecule is C[C@H]1C=C[C@H]2c3ccccc3O[C@@]12C. The van der Waals surface area contributed by atoms with Crippen molar-refractivity contribution in [1.82, 2.24) is 0 Å². The van der Waals surface area contributed by atoms with Gasteiger partial charge in [-0.1, -0.05) is 37.3 Å². The highest BCUT2D eigenvalue weighted by Gasteiger charge is 2.49. The van der Waals surface area contributed by atoms with Crippen LogP contribution in [-0.2, 0) is 0 Å². The van der Waals surface area contributed by atoms with Crippen LogP contribution in [0.5, 0.6) is 5.75 Å². The fourth-order valence-electron chi connectivity index (χ4n) is 2.58. The van der Waals surface area contributed by atoms with E-state index >= 15 is 0 Å². The van der Waals surface area contributed by atoms with Crippen LogP contribution in [0.2, 0.25) is 0 Å². The summed E-state index contributed by atoms with van der Waals surface area (Å²) >= 11 is 0. The second-order valence-corrected chi connectivity index (χ2v) is 4.47. The van der Waals surface area contributed by atoms with Crippen LogP contribution in [0.4, 0.5) is 0 Å². The zero-order chi connectivity index (χ0) is 9.76. The van der Waals surface area contributed by atoms with Gasteiger partial charge in [-0.05, 0) is 13.0 Å². The Bertz CT molecular complexity index is 407. The van der Waals surface area contributed by atoms with Crippen LogP contribution >= 0.6 is 0 Å². The summed E-state index contributed by atoms with van der Waals surface area (Å²) < 4.78 is 6.07. The molecular weight excluding hydrogens is 172 g/mol. The number of benzene rings is 1. The van der Waals surface area contributed by atoms with Crippen molar-refractivity contribution >= 4 is 0 Å². The lowest BCUT2D eigenvalue weighted by Crippen LogP contribution is -2.36. The topological polar surface area (TPSA) is 9.23 Å². The second-order valence-electron chi connectivity index (χ2n) is 4.47. The molecule has 1 heterocycles. The average molecular weight is 186 g/mol. The summed E-state index contributed by atoms with van der Waals surface area (Å²) in [6.07, 6.45) is 4.55. The van der Waals surface area contributed by atoms with Gasteiger partial charge in [0.25, 0.3) is 0 Å². The zero-order valence-corrected chi connectivity index (χ0v) is 8.53. The van der Waals surface area contributed by atoms with Gasteiger partial charge in [0, 0.05) is 17.4 Å². The van der Waals surface area contributed by atoms with Crippen LogP contribution < -0.4 is 4.74 Å². The Balaban J connectivity index is 2.16. The lowest BCUT2D eigenvalue weighted by molar-refractivity contribution is 0.0745. The smallest absolute Gasteiger partial charge is 0.124 e. The van der Waals surface area contributed by atoms with E-state index in [0.29, 0.717) is 11.8 Å². The molecule has 0 saturated carbocycles. The van der Waals surface area contributed by atoms with E-state index < -0.39 is 0 Å². The quantitative estimate of drug-likeness (QED) is 0.566. The number of rotatable bonds is 0. The van der Waals surface area contributed by atoms with Crippen LogP contribution in [0, 0.1) is 5.92 Å². The van der Waals surface area contributed by atoms with Gasteiger partial charge in [-0.2, -0.15) is 0 Å². The van der Waals surface area contributed by atoms with Crippen molar-refractivity contribution < 1.29 is 4.74 Å². The van der Waals surface area contributed by atoms with Crippen molar-refractivity contribution in [3.05, 3.63) is 42.0 Å². The van der Waals surface area contributed by atoms with E-state index in [0.717, 1.165) is 5.75 Å². The maximum Gasteiger partial charge on any atom is 0.124 e. The molecule has 1 aromatic carbocycles. The monoisotopic (exact) mass is 186 g/mol. The Morgan fingerprint density at radius 1 is 1.21 bits per heavy atom. The first-order valence-corrected chi connectivity index (χ1v) is 5.18. The summed E-state index contributed by atoms with van der Waals surface area (Å²) in [7, 11) is 0. The molecule has 14 heavy (non-hydrogen) atoms. The van der Waals surface area contributed by atoms with Crippen molar-refractivity contribution in [3.63, 3.8) is 0 Å². The van der Waals surface area contributed by atoms with Crippen molar-refractivity contribution in [3.8, 4) is 5.75 Å². The van der Waals surface area contributed by atoms with Gasteiger partial charge < -0.3 is 4.74 Å². The average Bonchev–Trinajstić information content (AvgIpc) is 2.61. The number of hydrogen-bond acceptors (Lipinski definition) is 1. The highest BCUT2D eigenvalue weighted by molar-refractivity contribution is 5.48. The molecule has 3 atom stereocenters. The molecule has 1 nitrogen and oxygen atoms in total. The first-order valence-electron chi connectivity index (χ1n) is 5.18. The summed E-state index contributed by atoms with van der Waals surface area (Å²) in [4.78, 5) is 0. The highest BCUT2D eigenvalue weighted by atomic mass is 16.5. The molecule has 0 amide bonds. The predicted octanol–water partition coefficient (Wildman–Crippen LogP) is 3.13. The summed E-state index contributed by atoms with van der Waals surface area (Å²) in [5.41, 5.74) is 1.31. The van der Waals surface area contributed by atoms with E-state index in [1.165, 1.54) is 5.56 Å². The predicted molar refractivity (Wildman–Crippen MR) is 56.5 cm³/mol. The molecule has 0 radical (unpaired) electrons. The van der Waals surface area contributed by atoms with Crippen LogP contribution in [0.1, 0.15) is 25.3 Å². The minimum Gasteiger partial charge on any atom is -0.486 e. The normalized spacial score (nSPS) is 37.9. The van der Waals surface area contributed by atoms with Crippen LogP contribution in [-0.4, -0.2) is 5.60 Å². The first kappa shape index (κ1) is 8.10. The Hall–Kier alpha value is -1.24. The molecule has 1 aliphatic carbocycles. The van der Waals surface area contributed by atoms with Gasteiger partial charge in [0.15, 0.2) is 0 Å². The van der Waals surface area contributed by atoms with Crippen LogP contribution in [0.25, 0.3) is 0 Å². The van der Waals surface area contributed by atoms with E-state index in [9.17, 15) is 0 Å². The van der Waals surface area contributed by atoms with E-state index in [1.54, 1.807) is 0 Å². The minimum atomic E-state index is -0.0380. The maximum absolute atomic E-state index is 6.07. The Morgan fingerprint density at radius 2 is 2.00 bits per heavy atom. The molecule has 0 fully saturated rings. The Kier molecular flexibility index (Phi) is 1.40. The first-order chi connectivity index (χ1) is 6.72. The zero-order valence-electron chi connectivity index (χ0n) is 8.53. The molecule has 0 aromatic heterocycles. The standard InChI is InChI=1S/C13H14O/c1-9-7-8-11-10-5-3-4-6-12(10)14-13(9,11)2/h3-9,11H,1-2H3/t9-,11-,13-/m0/s1. The Morgan fingerprint density at radius 3 is 2.86 bits per heavy atom. The summed E-state index contributed by atoms with van der Waals surface area (Å²) in [6, 6.07) is 8.37. The summed E-state index contributed by atoms with van der Waals surface area (Å²) in [5.74, 6) is 2.02. The fraction of sp³-hybridized carbons (Fsp3) is 0.385. The number of hydrogen-bond donors (Lipinski definition) is 0. The lowest BCUT2D eigenvalue weighted by atomic mass is 9.84. The third-order valence-corrected chi connectivity index (χ3v) is 3.70. The summed E-state index contributed by atoms with van der Waals surface area (Å²) in [5, 5.41) is 0. The van der Waals surface area contributed by atoms with E-state index in [-0.39, 0.29) is 5.60 Å². The molecule has 1 heteroatoms. The van der Waals surface area contributed by atoms with Gasteiger partial charge in [-0.15, -0.1) is 0 Å². The highest BCUT2D eigenvalue weighted by Crippen LogP contribution is 2.52. The van der Waals surface area contributed by atoms with Crippen LogP contribution in [0.15, 0.2) is 36.4 Å². The van der Waals surface area contributed by atoms with Crippen molar-refractivity contribution in [2.75, 3.05) is 0 Å². The van der Waals surface area contributed by atoms with E-state index in [1.807, 2.05) is 6.07 Å². The van der Waals surface area contributed by atoms with Gasteiger partial charge in [0.05, 0.1) is 0 Å². The fourth-order valence-corrected chi connectivity index (χ4v) is 2.58. The minimum absolute atomic E-state index is 0.0380. The number of fused-ring (bicyclic) bond motifs is 3. The molecule has 72 valence electrons. The largest absolute Gasteiger partial charge is 0.486 e. The molecular formula is C13H14O. The third-order valence-electron chi connectivity index (χ3n) is 3.70. The summed E-state index contributed by atoms with van der Waals surface area (Å²) in [6.45, 7) is 4.44. The van der Waals surface area contributed by atoms with Gasteiger partial charge in [0.2, 0.25) is 0 Å². The molecule has 0 N–H and O–H groups in total. The number of para-hydroxylation sites is 1. The maximum atomic E-state index is 6.07. The van der Waals surface area contributed by atoms with E-state index in [4.69, 9.17) is 4.74 Å². The third kappa shape index (κ3) is 0.802. The van der Waals surface area contributed by atoms with E-state index in [2.05, 4.69) is 44.2 Å². The molecule has 2 aliphatic rings. The number of ether oxygens (including phenoxy) is 1. The van der Waals surface area contributed by atoms with Gasteiger partial charge in [-0.25, -0.2) is 0 Å². The van der Waals surface area contributed by atoms with Crippen molar-refractivity contribution in [2.24, 2.45) is 5.92 Å². The Labute approximate surface area is 84.4 Å².